The van der Waals surface area contributed by atoms with Crippen LogP contribution < -0.4 is 0 Å². The summed E-state index contributed by atoms with van der Waals surface area (Å²) in [6.45, 7) is 4.14. The maximum Gasteiger partial charge on any atom is 0.191 e. The molecule has 0 saturated heterocycles. The van der Waals surface area contributed by atoms with Crippen molar-refractivity contribution in [3.63, 3.8) is 0 Å². The molecule has 0 spiro atoms. The Morgan fingerprint density at radius 2 is 1.92 bits per heavy atom. The van der Waals surface area contributed by atoms with Gasteiger partial charge in [0.2, 0.25) is 0 Å². The van der Waals surface area contributed by atoms with Gasteiger partial charge in [0.1, 0.15) is 0 Å². The molecule has 2 aromatic heterocycles. The molecule has 1 aromatic carbocycles. The molecule has 1 saturated carbocycles. The summed E-state index contributed by atoms with van der Waals surface area (Å²) in [6.07, 6.45) is 2.44. The van der Waals surface area contributed by atoms with Crippen LogP contribution in [0.25, 0.3) is 11.4 Å². The number of carbonyl (C=O) groups excluding carboxylic acids is 1. The van der Waals surface area contributed by atoms with Crippen LogP contribution in [0.2, 0.25) is 0 Å². The predicted octanol–water partition coefficient (Wildman–Crippen LogP) is 4.21. The summed E-state index contributed by atoms with van der Waals surface area (Å²) >= 11 is 1.44. The standard InChI is InChI=1S/C20H22N4OS/c1-13-11-17(14(2)24(13)16-9-10-16)18(25)12-26-20-22-21-19(23(20)3)15-7-5-4-6-8-15/h4-8,11,16H,9-10,12H2,1-3H3. The van der Waals surface area contributed by atoms with Crippen molar-refractivity contribution < 1.29 is 4.79 Å². The topological polar surface area (TPSA) is 52.7 Å². The second-order valence-corrected chi connectivity index (χ2v) is 7.77. The van der Waals surface area contributed by atoms with Crippen molar-refractivity contribution in [2.75, 3.05) is 5.75 Å². The van der Waals surface area contributed by atoms with Gasteiger partial charge in [-0.25, -0.2) is 0 Å². The van der Waals surface area contributed by atoms with Crippen molar-refractivity contribution in [3.8, 4) is 11.4 Å². The third kappa shape index (κ3) is 3.09. The largest absolute Gasteiger partial charge is 0.345 e. The number of aromatic nitrogens is 4. The van der Waals surface area contributed by atoms with Gasteiger partial charge in [-0.15, -0.1) is 10.2 Å². The molecule has 6 heteroatoms. The maximum atomic E-state index is 12.7. The summed E-state index contributed by atoms with van der Waals surface area (Å²) in [5.74, 6) is 1.34. The van der Waals surface area contributed by atoms with E-state index in [1.54, 1.807) is 0 Å². The van der Waals surface area contributed by atoms with Crippen LogP contribution in [-0.4, -0.2) is 30.9 Å². The third-order valence-electron chi connectivity index (χ3n) is 4.90. The molecule has 0 aliphatic heterocycles. The van der Waals surface area contributed by atoms with E-state index in [2.05, 4.69) is 28.6 Å². The lowest BCUT2D eigenvalue weighted by molar-refractivity contribution is 0.102. The van der Waals surface area contributed by atoms with Crippen LogP contribution in [0.4, 0.5) is 0 Å². The van der Waals surface area contributed by atoms with Crippen molar-refractivity contribution in [2.45, 2.75) is 37.9 Å². The van der Waals surface area contributed by atoms with E-state index in [4.69, 9.17) is 0 Å². The highest BCUT2D eigenvalue weighted by Gasteiger charge is 2.28. The fourth-order valence-corrected chi connectivity index (χ4v) is 4.24. The Kier molecular flexibility index (Phi) is 4.44. The lowest BCUT2D eigenvalue weighted by Crippen LogP contribution is -2.06. The average molecular weight is 366 g/mol. The zero-order chi connectivity index (χ0) is 18.3. The molecule has 1 fully saturated rings. The van der Waals surface area contributed by atoms with E-state index in [0.29, 0.717) is 11.8 Å². The lowest BCUT2D eigenvalue weighted by atomic mass is 10.2. The Hall–Kier alpha value is -2.34. The minimum atomic E-state index is 0.152. The molecular formula is C20H22N4OS. The molecule has 0 unspecified atom stereocenters. The molecule has 0 atom stereocenters. The highest BCUT2D eigenvalue weighted by Crippen LogP contribution is 2.38. The van der Waals surface area contributed by atoms with Gasteiger partial charge in [0.25, 0.3) is 0 Å². The van der Waals surface area contributed by atoms with Crippen LogP contribution >= 0.6 is 11.8 Å². The minimum absolute atomic E-state index is 0.152. The average Bonchev–Trinajstić information content (AvgIpc) is 3.34. The van der Waals surface area contributed by atoms with E-state index < -0.39 is 0 Å². The van der Waals surface area contributed by atoms with E-state index in [9.17, 15) is 4.79 Å². The zero-order valence-electron chi connectivity index (χ0n) is 15.3. The van der Waals surface area contributed by atoms with Crippen LogP contribution in [0.15, 0.2) is 41.6 Å². The Morgan fingerprint density at radius 3 is 2.62 bits per heavy atom. The van der Waals surface area contributed by atoms with Gasteiger partial charge < -0.3 is 9.13 Å². The SMILES string of the molecule is Cc1cc(C(=O)CSc2nnc(-c3ccccc3)n2C)c(C)n1C1CC1. The third-order valence-corrected chi connectivity index (χ3v) is 5.92. The fraction of sp³-hybridized carbons (Fsp3) is 0.350. The summed E-state index contributed by atoms with van der Waals surface area (Å²) in [6, 6.07) is 12.6. The highest BCUT2D eigenvalue weighted by molar-refractivity contribution is 7.99. The maximum absolute atomic E-state index is 12.7. The first kappa shape index (κ1) is 17.1. The van der Waals surface area contributed by atoms with E-state index in [1.165, 1.54) is 30.3 Å². The van der Waals surface area contributed by atoms with Gasteiger partial charge in [-0.2, -0.15) is 0 Å². The number of carbonyl (C=O) groups is 1. The van der Waals surface area contributed by atoms with E-state index >= 15 is 0 Å². The first-order valence-corrected chi connectivity index (χ1v) is 9.84. The number of Topliss-reactive ketones (excluding diaryl/α,β-unsaturated/α-hetero) is 1. The molecule has 2 heterocycles. The molecular weight excluding hydrogens is 344 g/mol. The molecule has 1 aliphatic rings. The molecule has 5 nitrogen and oxygen atoms in total. The number of hydrogen-bond acceptors (Lipinski definition) is 4. The number of aryl methyl sites for hydroxylation is 1. The van der Waals surface area contributed by atoms with E-state index in [-0.39, 0.29) is 5.78 Å². The second-order valence-electron chi connectivity index (χ2n) is 6.83. The second kappa shape index (κ2) is 6.76. The summed E-state index contributed by atoms with van der Waals surface area (Å²) in [5.41, 5.74) is 4.14. The van der Waals surface area contributed by atoms with Crippen molar-refractivity contribution in [1.29, 1.82) is 0 Å². The van der Waals surface area contributed by atoms with Gasteiger partial charge in [0.15, 0.2) is 16.8 Å². The zero-order valence-corrected chi connectivity index (χ0v) is 16.1. The Bertz CT molecular complexity index is 954. The minimum Gasteiger partial charge on any atom is -0.345 e. The van der Waals surface area contributed by atoms with E-state index in [1.807, 2.05) is 48.0 Å². The van der Waals surface area contributed by atoms with Crippen molar-refractivity contribution in [2.24, 2.45) is 7.05 Å². The quantitative estimate of drug-likeness (QED) is 0.484. The van der Waals surface area contributed by atoms with Gasteiger partial charge in [0, 0.05) is 35.6 Å². The lowest BCUT2D eigenvalue weighted by Gasteiger charge is -2.07. The molecule has 1 aliphatic carbocycles. The molecule has 4 rings (SSSR count). The van der Waals surface area contributed by atoms with Crippen LogP contribution in [0.1, 0.15) is 40.6 Å². The Balaban J connectivity index is 1.49. The van der Waals surface area contributed by atoms with Crippen LogP contribution in [0.3, 0.4) is 0 Å². The number of rotatable bonds is 6. The molecule has 0 N–H and O–H groups in total. The van der Waals surface area contributed by atoms with Gasteiger partial charge in [0.05, 0.1) is 5.75 Å². The van der Waals surface area contributed by atoms with Crippen LogP contribution in [0, 0.1) is 13.8 Å². The first-order valence-electron chi connectivity index (χ1n) is 8.85. The summed E-state index contributed by atoms with van der Waals surface area (Å²) in [7, 11) is 1.94. The summed E-state index contributed by atoms with van der Waals surface area (Å²) < 4.78 is 4.26. The van der Waals surface area contributed by atoms with Gasteiger partial charge in [-0.1, -0.05) is 42.1 Å². The van der Waals surface area contributed by atoms with Gasteiger partial charge in [-0.3, -0.25) is 4.79 Å². The molecule has 26 heavy (non-hydrogen) atoms. The molecule has 0 amide bonds. The van der Waals surface area contributed by atoms with Crippen molar-refractivity contribution >= 4 is 17.5 Å². The predicted molar refractivity (Wildman–Crippen MR) is 104 cm³/mol. The molecule has 0 radical (unpaired) electrons. The highest BCUT2D eigenvalue weighted by atomic mass is 32.2. The van der Waals surface area contributed by atoms with Gasteiger partial charge in [-0.05, 0) is 32.8 Å². The Labute approximate surface area is 157 Å². The van der Waals surface area contributed by atoms with Crippen LogP contribution in [-0.2, 0) is 7.05 Å². The summed E-state index contributed by atoms with van der Waals surface area (Å²) in [5, 5.41) is 9.30. The smallest absolute Gasteiger partial charge is 0.191 e. The normalized spacial score (nSPS) is 14.0. The van der Waals surface area contributed by atoms with Gasteiger partial charge >= 0.3 is 0 Å². The van der Waals surface area contributed by atoms with Crippen molar-refractivity contribution in [1.82, 2.24) is 19.3 Å². The molecule has 3 aromatic rings. The number of hydrogen-bond donors (Lipinski definition) is 0. The van der Waals surface area contributed by atoms with Crippen molar-refractivity contribution in [3.05, 3.63) is 53.3 Å². The fourth-order valence-electron chi connectivity index (χ4n) is 3.44. The summed E-state index contributed by atoms with van der Waals surface area (Å²) in [4.78, 5) is 12.7. The monoisotopic (exact) mass is 366 g/mol. The van der Waals surface area contributed by atoms with E-state index in [0.717, 1.165) is 27.8 Å². The molecule has 134 valence electrons. The Morgan fingerprint density at radius 1 is 1.19 bits per heavy atom. The number of benzene rings is 1. The molecule has 0 bridgehead atoms. The number of ketones is 1. The number of nitrogens with zero attached hydrogens (tertiary/aromatic N) is 4. The van der Waals surface area contributed by atoms with Crippen LogP contribution in [0.5, 0.6) is 0 Å². The number of thioether (sulfide) groups is 1. The first-order chi connectivity index (χ1) is 12.6.